The molecule has 5 rings (SSSR count). The Hall–Kier alpha value is -5.19. The first-order valence-corrected chi connectivity index (χ1v) is 12.5. The molecule has 0 aliphatic rings. The second-order valence-corrected chi connectivity index (χ2v) is 9.21. The molecule has 0 aliphatic heterocycles. The number of nitrogens with one attached hydrogen (secondary N) is 2. The molecule has 8 N–H and O–H groups in total. The summed E-state index contributed by atoms with van der Waals surface area (Å²) in [6, 6.07) is 18.9. The van der Waals surface area contributed by atoms with Gasteiger partial charge >= 0.3 is 0 Å². The van der Waals surface area contributed by atoms with E-state index in [0.29, 0.717) is 42.8 Å². The largest absolute Gasteiger partial charge is 0.370 e. The highest BCUT2D eigenvalue weighted by molar-refractivity contribution is 6.00. The van der Waals surface area contributed by atoms with Gasteiger partial charge in [0.15, 0.2) is 11.8 Å². The van der Waals surface area contributed by atoms with Gasteiger partial charge in [0.2, 0.25) is 5.91 Å². The highest BCUT2D eigenvalue weighted by Gasteiger charge is 2.21. The quantitative estimate of drug-likeness (QED) is 0.106. The zero-order valence-electron chi connectivity index (χ0n) is 21.2. The van der Waals surface area contributed by atoms with Gasteiger partial charge in [-0.1, -0.05) is 42.5 Å². The van der Waals surface area contributed by atoms with Crippen LogP contribution in [-0.2, 0) is 11.3 Å². The second kappa shape index (κ2) is 11.1. The number of hydrogen-bond acceptors (Lipinski definition) is 5. The molecule has 0 unspecified atom stereocenters. The molecule has 0 aliphatic carbocycles. The number of primary amides is 1. The van der Waals surface area contributed by atoms with E-state index in [1.54, 1.807) is 24.7 Å². The third kappa shape index (κ3) is 5.57. The Labute approximate surface area is 224 Å². The zero-order valence-corrected chi connectivity index (χ0v) is 21.2. The van der Waals surface area contributed by atoms with Gasteiger partial charge in [0, 0.05) is 12.1 Å². The SMILES string of the molecule is NC(=O)[C@H](CCCN=C(N)N)NC(=O)c1ccc2c(c1)nc(-c1cnc[nH]1)n2Cc1cccc2ccccc12. The van der Waals surface area contributed by atoms with Crippen molar-refractivity contribution >= 4 is 39.6 Å². The number of nitrogens with zero attached hydrogens (tertiary/aromatic N) is 4. The topological polar surface area (TPSA) is 183 Å². The predicted molar refractivity (Wildman–Crippen MR) is 151 cm³/mol. The minimum atomic E-state index is -0.855. The molecule has 5 aromatic rings. The molecule has 2 aromatic heterocycles. The van der Waals surface area contributed by atoms with Crippen molar-refractivity contribution in [3.05, 3.63) is 84.3 Å². The first-order valence-electron chi connectivity index (χ1n) is 12.5. The first kappa shape index (κ1) is 25.5. The van der Waals surface area contributed by atoms with Crippen molar-refractivity contribution in [2.24, 2.45) is 22.2 Å². The lowest BCUT2D eigenvalue weighted by Gasteiger charge is -2.15. The molecule has 1 atom stereocenters. The van der Waals surface area contributed by atoms with Gasteiger partial charge in [-0.2, -0.15) is 0 Å². The summed E-state index contributed by atoms with van der Waals surface area (Å²) in [4.78, 5) is 41.1. The van der Waals surface area contributed by atoms with E-state index in [2.05, 4.69) is 49.1 Å². The molecule has 11 nitrogen and oxygen atoms in total. The Bertz CT molecular complexity index is 1660. The number of imidazole rings is 2. The molecule has 3 aromatic carbocycles. The summed E-state index contributed by atoms with van der Waals surface area (Å²) in [7, 11) is 0. The molecule has 11 heteroatoms. The zero-order chi connectivity index (χ0) is 27.4. The molecule has 0 fully saturated rings. The van der Waals surface area contributed by atoms with Crippen LogP contribution >= 0.6 is 0 Å². The van der Waals surface area contributed by atoms with Gasteiger partial charge in [-0.25, -0.2) is 9.97 Å². The summed E-state index contributed by atoms with van der Waals surface area (Å²) >= 11 is 0. The van der Waals surface area contributed by atoms with E-state index < -0.39 is 17.9 Å². The lowest BCUT2D eigenvalue weighted by molar-refractivity contribution is -0.120. The van der Waals surface area contributed by atoms with Crippen LogP contribution in [0, 0.1) is 0 Å². The number of guanidine groups is 1. The van der Waals surface area contributed by atoms with Crippen molar-refractivity contribution < 1.29 is 9.59 Å². The van der Waals surface area contributed by atoms with Gasteiger partial charge in [0.25, 0.3) is 5.91 Å². The smallest absolute Gasteiger partial charge is 0.252 e. The number of rotatable bonds is 10. The number of benzene rings is 3. The van der Waals surface area contributed by atoms with Crippen molar-refractivity contribution in [3.8, 4) is 11.5 Å². The Morgan fingerprint density at radius 1 is 1.05 bits per heavy atom. The molecule has 0 bridgehead atoms. The van der Waals surface area contributed by atoms with Crippen molar-refractivity contribution in [1.82, 2.24) is 24.8 Å². The van der Waals surface area contributed by atoms with Crippen LogP contribution in [0.5, 0.6) is 0 Å². The van der Waals surface area contributed by atoms with E-state index in [-0.39, 0.29) is 5.96 Å². The second-order valence-electron chi connectivity index (χ2n) is 9.21. The number of fused-ring (bicyclic) bond motifs is 2. The van der Waals surface area contributed by atoms with Gasteiger partial charge in [-0.15, -0.1) is 0 Å². The van der Waals surface area contributed by atoms with Crippen LogP contribution in [0.2, 0.25) is 0 Å². The number of aliphatic imine (C=N–C) groups is 1. The van der Waals surface area contributed by atoms with E-state index in [4.69, 9.17) is 22.2 Å². The highest BCUT2D eigenvalue weighted by Crippen LogP contribution is 2.28. The van der Waals surface area contributed by atoms with Gasteiger partial charge in [-0.3, -0.25) is 14.6 Å². The molecule has 2 amide bonds. The monoisotopic (exact) mass is 523 g/mol. The van der Waals surface area contributed by atoms with E-state index in [9.17, 15) is 9.59 Å². The molecular weight excluding hydrogens is 494 g/mol. The number of H-pyrrole nitrogens is 1. The lowest BCUT2D eigenvalue weighted by atomic mass is 10.0. The Balaban J connectivity index is 1.46. The number of carbonyl (C=O) groups excluding carboxylic acids is 2. The molecule has 0 saturated carbocycles. The standard InChI is InChI=1S/C28H29N9O2/c29-25(38)21(9-4-12-33-28(30)31)36-27(39)18-10-11-24-22(13-18)35-26(23-14-32-16-34-23)37(24)15-19-7-3-6-17-5-1-2-8-20(17)19/h1-3,5-8,10-11,13-14,16,21H,4,9,12,15H2,(H2,29,38)(H,32,34)(H,36,39)(H4,30,31,33)/t21-/m0/s1. The van der Waals surface area contributed by atoms with Crippen LogP contribution in [0.25, 0.3) is 33.3 Å². The van der Waals surface area contributed by atoms with Crippen molar-refractivity contribution in [2.75, 3.05) is 6.54 Å². The predicted octanol–water partition coefficient (Wildman–Crippen LogP) is 2.27. The summed E-state index contributed by atoms with van der Waals surface area (Å²) in [6.07, 6.45) is 4.11. The third-order valence-electron chi connectivity index (χ3n) is 6.55. The van der Waals surface area contributed by atoms with Crippen LogP contribution in [0.15, 0.2) is 78.2 Å². The molecule has 0 saturated heterocycles. The molecule has 0 spiro atoms. The van der Waals surface area contributed by atoms with Crippen LogP contribution in [0.1, 0.15) is 28.8 Å². The third-order valence-corrected chi connectivity index (χ3v) is 6.55. The summed E-state index contributed by atoms with van der Waals surface area (Å²) in [6.45, 7) is 0.899. The number of amides is 2. The maximum atomic E-state index is 13.1. The van der Waals surface area contributed by atoms with Crippen LogP contribution in [0.3, 0.4) is 0 Å². The average Bonchev–Trinajstić information content (AvgIpc) is 3.58. The normalized spacial score (nSPS) is 11.9. The molecule has 0 radical (unpaired) electrons. The van der Waals surface area contributed by atoms with Crippen LogP contribution < -0.4 is 22.5 Å². The van der Waals surface area contributed by atoms with E-state index in [1.165, 1.54) is 0 Å². The van der Waals surface area contributed by atoms with Gasteiger partial charge in [0.1, 0.15) is 11.7 Å². The van der Waals surface area contributed by atoms with E-state index in [1.807, 2.05) is 24.3 Å². The van der Waals surface area contributed by atoms with Gasteiger partial charge in [-0.05, 0) is 47.4 Å². The van der Waals surface area contributed by atoms with Gasteiger partial charge in [0.05, 0.1) is 30.1 Å². The van der Waals surface area contributed by atoms with Crippen LogP contribution in [-0.4, -0.2) is 49.9 Å². The Morgan fingerprint density at radius 2 is 1.87 bits per heavy atom. The fourth-order valence-corrected chi connectivity index (χ4v) is 4.65. The average molecular weight is 524 g/mol. The van der Waals surface area contributed by atoms with Crippen molar-refractivity contribution in [1.29, 1.82) is 0 Å². The number of aromatic nitrogens is 4. The van der Waals surface area contributed by atoms with E-state index >= 15 is 0 Å². The number of carbonyl (C=O) groups is 2. The maximum Gasteiger partial charge on any atom is 0.252 e. The minimum absolute atomic E-state index is 0.0302. The lowest BCUT2D eigenvalue weighted by Crippen LogP contribution is -2.44. The molecule has 198 valence electrons. The summed E-state index contributed by atoms with van der Waals surface area (Å²) in [5, 5.41) is 5.03. The van der Waals surface area contributed by atoms with E-state index in [0.717, 1.165) is 27.5 Å². The van der Waals surface area contributed by atoms with Crippen LogP contribution in [0.4, 0.5) is 0 Å². The Kier molecular flexibility index (Phi) is 7.21. The number of hydrogen-bond donors (Lipinski definition) is 5. The fraction of sp³-hybridized carbons (Fsp3) is 0.179. The molecular formula is C28H29N9O2. The fourth-order valence-electron chi connectivity index (χ4n) is 4.65. The summed E-state index contributed by atoms with van der Waals surface area (Å²) in [5.41, 5.74) is 19.9. The maximum absolute atomic E-state index is 13.1. The van der Waals surface area contributed by atoms with Crippen molar-refractivity contribution in [3.63, 3.8) is 0 Å². The number of aromatic amines is 1. The number of nitrogens with two attached hydrogens (primary N) is 3. The Morgan fingerprint density at radius 3 is 2.64 bits per heavy atom. The first-order chi connectivity index (χ1) is 18.9. The highest BCUT2D eigenvalue weighted by atomic mass is 16.2. The molecule has 2 heterocycles. The minimum Gasteiger partial charge on any atom is -0.370 e. The van der Waals surface area contributed by atoms with Crippen molar-refractivity contribution in [2.45, 2.75) is 25.4 Å². The molecule has 39 heavy (non-hydrogen) atoms. The summed E-state index contributed by atoms with van der Waals surface area (Å²) in [5.74, 6) is -0.385. The summed E-state index contributed by atoms with van der Waals surface area (Å²) < 4.78 is 2.10. The van der Waals surface area contributed by atoms with Gasteiger partial charge < -0.3 is 32.1 Å².